The minimum absolute atomic E-state index is 0.311. The van der Waals surface area contributed by atoms with Crippen molar-refractivity contribution < 1.29 is 0 Å². The second kappa shape index (κ2) is 3.65. The fraction of sp³-hybridized carbons (Fsp3) is 1.00. The van der Waals surface area contributed by atoms with Crippen LogP contribution in [0.25, 0.3) is 0 Å². The zero-order chi connectivity index (χ0) is 12.0. The van der Waals surface area contributed by atoms with E-state index in [4.69, 9.17) is 3.96 Å². The van der Waals surface area contributed by atoms with Crippen molar-refractivity contribution >= 4 is 18.7 Å². The van der Waals surface area contributed by atoms with E-state index in [2.05, 4.69) is 62.3 Å². The summed E-state index contributed by atoms with van der Waals surface area (Å²) in [5.41, 5.74) is 0. The Morgan fingerprint density at radius 3 is 0.714 bits per heavy atom. The van der Waals surface area contributed by atoms with Crippen LogP contribution in [-0.4, -0.2) is 18.7 Å². The summed E-state index contributed by atoms with van der Waals surface area (Å²) >= 11 is -2.71. The van der Waals surface area contributed by atoms with Crippen LogP contribution >= 0.6 is 0 Å². The van der Waals surface area contributed by atoms with Gasteiger partial charge < -0.3 is 0 Å². The van der Waals surface area contributed by atoms with Crippen LogP contribution in [0.5, 0.6) is 0 Å². The Morgan fingerprint density at radius 1 is 0.571 bits per heavy atom. The second-order valence-electron chi connectivity index (χ2n) is 7.56. The van der Waals surface area contributed by atoms with Gasteiger partial charge in [-0.15, -0.1) is 0 Å². The van der Waals surface area contributed by atoms with Gasteiger partial charge in [-0.3, -0.25) is 0 Å². The van der Waals surface area contributed by atoms with Gasteiger partial charge in [0.05, 0.1) is 0 Å². The average Bonchev–Trinajstić information content (AvgIpc) is 1.77. The molecule has 0 rings (SSSR count). The standard InChI is InChI=1S/3C4H9.H2N.Sn/c3*1-4(2)3;;/h3*1-3H3;1H2;/q;;;-1;+1. The summed E-state index contributed by atoms with van der Waals surface area (Å²) in [6.07, 6.45) is 0. The van der Waals surface area contributed by atoms with Gasteiger partial charge in [0.25, 0.3) is 0 Å². The molecule has 0 atom stereocenters. The summed E-state index contributed by atoms with van der Waals surface area (Å²) in [4.78, 5) is 0. The van der Waals surface area contributed by atoms with E-state index in [1.54, 1.807) is 0 Å². The van der Waals surface area contributed by atoms with Gasteiger partial charge >= 0.3 is 95.2 Å². The van der Waals surface area contributed by atoms with Gasteiger partial charge in [-0.25, -0.2) is 0 Å². The predicted octanol–water partition coefficient (Wildman–Crippen LogP) is 4.29. The Kier molecular flexibility index (Phi) is 3.85. The molecule has 0 amide bonds. The van der Waals surface area contributed by atoms with Crippen LogP contribution in [0.4, 0.5) is 0 Å². The van der Waals surface area contributed by atoms with Crippen LogP contribution in [0.1, 0.15) is 62.3 Å². The molecule has 86 valence electrons. The molecule has 14 heavy (non-hydrogen) atoms. The van der Waals surface area contributed by atoms with Crippen LogP contribution in [0.2, 0.25) is 10.3 Å². The number of nitrogens with two attached hydrogens (primary N) is 1. The molecule has 0 unspecified atom stereocenters. The molecular weight excluding hydrogens is 277 g/mol. The van der Waals surface area contributed by atoms with Crippen molar-refractivity contribution in [3.63, 3.8) is 0 Å². The van der Waals surface area contributed by atoms with E-state index < -0.39 is 18.7 Å². The van der Waals surface area contributed by atoms with Crippen LogP contribution in [-0.2, 0) is 0 Å². The summed E-state index contributed by atoms with van der Waals surface area (Å²) < 4.78 is 7.87. The minimum atomic E-state index is -2.71. The molecule has 0 aromatic heterocycles. The molecule has 0 aliphatic rings. The number of hydrogen-bond donors (Lipinski definition) is 1. The van der Waals surface area contributed by atoms with Crippen LogP contribution < -0.4 is 3.96 Å². The summed E-state index contributed by atoms with van der Waals surface area (Å²) in [6.45, 7) is 21.0. The first-order valence-electron chi connectivity index (χ1n) is 5.54. The van der Waals surface area contributed by atoms with Crippen LogP contribution in [0.3, 0.4) is 0 Å². The molecular formula is C12H29NSn. The first-order valence-corrected chi connectivity index (χ1v) is 11.5. The zero-order valence-corrected chi connectivity index (χ0v) is 14.4. The first kappa shape index (κ1) is 14.8. The van der Waals surface area contributed by atoms with E-state index in [1.807, 2.05) is 0 Å². The number of rotatable bonds is 0. The third-order valence-electron chi connectivity index (χ3n) is 3.55. The molecule has 0 saturated carbocycles. The van der Waals surface area contributed by atoms with E-state index in [9.17, 15) is 0 Å². The molecule has 0 spiro atoms. The Labute approximate surface area is 95.1 Å². The van der Waals surface area contributed by atoms with Crippen molar-refractivity contribution in [1.29, 1.82) is 0 Å². The third-order valence-corrected chi connectivity index (χ3v) is 23.8. The van der Waals surface area contributed by atoms with E-state index in [-0.39, 0.29) is 0 Å². The molecule has 0 radical (unpaired) electrons. The quantitative estimate of drug-likeness (QED) is 0.664. The van der Waals surface area contributed by atoms with Crippen molar-refractivity contribution in [2.24, 2.45) is 3.96 Å². The Hall–Kier alpha value is 0.759. The SMILES string of the molecule is C[C](C)(C)[Sn]([NH2])([C](C)(C)C)[C](C)(C)C. The fourth-order valence-electron chi connectivity index (χ4n) is 3.38. The average molecular weight is 306 g/mol. The van der Waals surface area contributed by atoms with Gasteiger partial charge in [0.2, 0.25) is 0 Å². The Bertz CT molecular complexity index is 164. The molecule has 0 aliphatic carbocycles. The molecule has 0 aliphatic heterocycles. The van der Waals surface area contributed by atoms with Gasteiger partial charge in [-0.1, -0.05) is 0 Å². The predicted molar refractivity (Wildman–Crippen MR) is 69.1 cm³/mol. The number of hydrogen-bond acceptors (Lipinski definition) is 1. The van der Waals surface area contributed by atoms with Gasteiger partial charge in [0.15, 0.2) is 0 Å². The normalized spacial score (nSPS) is 15.9. The molecule has 0 fully saturated rings. The molecule has 0 aromatic carbocycles. The first-order chi connectivity index (χ1) is 5.75. The van der Waals surface area contributed by atoms with Crippen molar-refractivity contribution in [2.45, 2.75) is 72.6 Å². The van der Waals surface area contributed by atoms with Gasteiger partial charge in [0.1, 0.15) is 0 Å². The summed E-state index contributed by atoms with van der Waals surface area (Å²) in [6, 6.07) is 0. The monoisotopic (exact) mass is 307 g/mol. The molecule has 0 bridgehead atoms. The molecule has 0 aromatic rings. The summed E-state index contributed by atoms with van der Waals surface area (Å²) in [7, 11) is 0. The van der Waals surface area contributed by atoms with Gasteiger partial charge in [-0.05, 0) is 0 Å². The molecule has 0 saturated heterocycles. The van der Waals surface area contributed by atoms with Crippen molar-refractivity contribution in [1.82, 2.24) is 0 Å². The van der Waals surface area contributed by atoms with E-state index >= 15 is 0 Å². The van der Waals surface area contributed by atoms with E-state index in [1.165, 1.54) is 0 Å². The topological polar surface area (TPSA) is 26.0 Å². The zero-order valence-electron chi connectivity index (χ0n) is 11.6. The maximum absolute atomic E-state index is 6.94. The van der Waals surface area contributed by atoms with Gasteiger partial charge in [0, 0.05) is 0 Å². The molecule has 1 nitrogen and oxygen atoms in total. The third kappa shape index (κ3) is 2.29. The van der Waals surface area contributed by atoms with Crippen LogP contribution in [0.15, 0.2) is 0 Å². The summed E-state index contributed by atoms with van der Waals surface area (Å²) in [5, 5.41) is 0. The second-order valence-corrected chi connectivity index (χ2v) is 25.0. The van der Waals surface area contributed by atoms with Crippen molar-refractivity contribution in [2.75, 3.05) is 0 Å². The fourth-order valence-corrected chi connectivity index (χ4v) is 22.6. The van der Waals surface area contributed by atoms with Gasteiger partial charge in [-0.2, -0.15) is 0 Å². The molecule has 2 N–H and O–H groups in total. The summed E-state index contributed by atoms with van der Waals surface area (Å²) in [5.74, 6) is 0. The van der Waals surface area contributed by atoms with Crippen LogP contribution in [0, 0.1) is 0 Å². The van der Waals surface area contributed by atoms with E-state index in [0.717, 1.165) is 0 Å². The van der Waals surface area contributed by atoms with E-state index in [0.29, 0.717) is 10.3 Å². The Morgan fingerprint density at radius 2 is 0.714 bits per heavy atom. The van der Waals surface area contributed by atoms with Crippen molar-refractivity contribution in [3.8, 4) is 0 Å². The maximum atomic E-state index is 6.94. The molecule has 0 heterocycles. The molecule has 2 heteroatoms. The van der Waals surface area contributed by atoms with Crippen molar-refractivity contribution in [3.05, 3.63) is 0 Å². The Balaban J connectivity index is 5.54.